The van der Waals surface area contributed by atoms with Gasteiger partial charge in [-0.2, -0.15) is 0 Å². The summed E-state index contributed by atoms with van der Waals surface area (Å²) in [7, 11) is 0. The molecule has 1 aliphatic rings. The Kier molecular flexibility index (Phi) is 5.76. The van der Waals surface area contributed by atoms with E-state index in [0.717, 1.165) is 41.2 Å². The average molecular weight is 389 g/mol. The third kappa shape index (κ3) is 4.94. The fourth-order valence-corrected chi connectivity index (χ4v) is 3.24. The van der Waals surface area contributed by atoms with E-state index in [-0.39, 0.29) is 12.0 Å². The van der Waals surface area contributed by atoms with Crippen LogP contribution in [0.25, 0.3) is 11.4 Å². The number of ether oxygens (including phenoxy) is 1. The number of aromatic nitrogens is 3. The Morgan fingerprint density at radius 1 is 1.21 bits per heavy atom. The number of hydrogen-bond donors (Lipinski definition) is 2. The van der Waals surface area contributed by atoms with Crippen LogP contribution in [0.2, 0.25) is 0 Å². The molecule has 7 heteroatoms. The van der Waals surface area contributed by atoms with Crippen LogP contribution in [0.5, 0.6) is 0 Å². The van der Waals surface area contributed by atoms with Crippen molar-refractivity contribution in [3.05, 3.63) is 66.1 Å². The van der Waals surface area contributed by atoms with Gasteiger partial charge in [0.1, 0.15) is 11.9 Å². The first-order chi connectivity index (χ1) is 14.2. The topological polar surface area (TPSA) is 89.0 Å². The normalized spacial score (nSPS) is 15.8. The summed E-state index contributed by atoms with van der Waals surface area (Å²) in [5.41, 5.74) is 3.55. The van der Waals surface area contributed by atoms with Gasteiger partial charge in [-0.3, -0.25) is 9.78 Å². The van der Waals surface area contributed by atoms with E-state index in [2.05, 4.69) is 25.6 Å². The molecule has 0 spiro atoms. The SMILES string of the molecule is Cc1cc(NCc2cccc(NC(=O)C3CCCO3)c2)nc(-c2cccnc2)n1. The molecule has 1 amide bonds. The van der Waals surface area contributed by atoms with Gasteiger partial charge in [-0.25, -0.2) is 9.97 Å². The highest BCUT2D eigenvalue weighted by Crippen LogP contribution is 2.19. The van der Waals surface area contributed by atoms with E-state index in [1.807, 2.05) is 49.4 Å². The molecule has 1 atom stereocenters. The fourth-order valence-electron chi connectivity index (χ4n) is 3.24. The van der Waals surface area contributed by atoms with E-state index >= 15 is 0 Å². The number of carbonyl (C=O) groups excluding carboxylic acids is 1. The van der Waals surface area contributed by atoms with Crippen molar-refractivity contribution in [3.8, 4) is 11.4 Å². The second kappa shape index (κ2) is 8.79. The predicted octanol–water partition coefficient (Wildman–Crippen LogP) is 3.58. The number of aryl methyl sites for hydroxylation is 1. The molecule has 3 heterocycles. The summed E-state index contributed by atoms with van der Waals surface area (Å²) in [6.45, 7) is 3.17. The summed E-state index contributed by atoms with van der Waals surface area (Å²) in [6.07, 6.45) is 4.84. The summed E-state index contributed by atoms with van der Waals surface area (Å²) in [4.78, 5) is 25.5. The maximum absolute atomic E-state index is 12.2. The maximum Gasteiger partial charge on any atom is 0.253 e. The number of benzene rings is 1. The Morgan fingerprint density at radius 3 is 2.93 bits per heavy atom. The van der Waals surface area contributed by atoms with Gasteiger partial charge in [0, 0.05) is 48.6 Å². The third-order valence-corrected chi connectivity index (χ3v) is 4.66. The number of carbonyl (C=O) groups is 1. The lowest BCUT2D eigenvalue weighted by molar-refractivity contribution is -0.124. The Bertz CT molecular complexity index is 988. The van der Waals surface area contributed by atoms with Crippen LogP contribution in [0.15, 0.2) is 54.9 Å². The van der Waals surface area contributed by atoms with E-state index in [9.17, 15) is 4.79 Å². The molecule has 1 fully saturated rings. The smallest absolute Gasteiger partial charge is 0.253 e. The van der Waals surface area contributed by atoms with Gasteiger partial charge in [0.25, 0.3) is 5.91 Å². The van der Waals surface area contributed by atoms with Gasteiger partial charge in [-0.05, 0) is 49.6 Å². The summed E-state index contributed by atoms with van der Waals surface area (Å²) >= 11 is 0. The van der Waals surface area contributed by atoms with Crippen molar-refractivity contribution in [2.24, 2.45) is 0 Å². The van der Waals surface area contributed by atoms with Crippen LogP contribution < -0.4 is 10.6 Å². The van der Waals surface area contributed by atoms with Crippen molar-refractivity contribution in [2.75, 3.05) is 17.2 Å². The second-order valence-corrected chi connectivity index (χ2v) is 7.00. The minimum absolute atomic E-state index is 0.0832. The molecule has 0 radical (unpaired) electrons. The van der Waals surface area contributed by atoms with Crippen molar-refractivity contribution >= 4 is 17.4 Å². The number of amides is 1. The van der Waals surface area contributed by atoms with Crippen LogP contribution in [-0.4, -0.2) is 33.6 Å². The Morgan fingerprint density at radius 2 is 2.14 bits per heavy atom. The van der Waals surface area contributed by atoms with Gasteiger partial charge < -0.3 is 15.4 Å². The third-order valence-electron chi connectivity index (χ3n) is 4.66. The van der Waals surface area contributed by atoms with E-state index < -0.39 is 0 Å². The number of nitrogens with zero attached hydrogens (tertiary/aromatic N) is 3. The minimum Gasteiger partial charge on any atom is -0.368 e. The molecule has 7 nitrogen and oxygen atoms in total. The molecule has 1 saturated heterocycles. The van der Waals surface area contributed by atoms with Gasteiger partial charge in [-0.1, -0.05) is 12.1 Å². The monoisotopic (exact) mass is 389 g/mol. The highest BCUT2D eigenvalue weighted by Gasteiger charge is 2.23. The van der Waals surface area contributed by atoms with Crippen molar-refractivity contribution in [1.29, 1.82) is 0 Å². The summed E-state index contributed by atoms with van der Waals surface area (Å²) in [5.74, 6) is 1.29. The zero-order valence-corrected chi connectivity index (χ0v) is 16.3. The standard InChI is InChI=1S/C22H23N5O2/c1-15-11-20(27-21(25-15)17-6-3-9-23-14-17)24-13-16-5-2-7-18(12-16)26-22(28)19-8-4-10-29-19/h2-3,5-7,9,11-12,14,19H,4,8,10,13H2,1H3,(H,26,28)(H,24,25,27). The second-order valence-electron chi connectivity index (χ2n) is 7.00. The van der Waals surface area contributed by atoms with E-state index in [0.29, 0.717) is 19.0 Å². The maximum atomic E-state index is 12.2. The van der Waals surface area contributed by atoms with Gasteiger partial charge in [0.05, 0.1) is 0 Å². The van der Waals surface area contributed by atoms with Gasteiger partial charge >= 0.3 is 0 Å². The molecular formula is C22H23N5O2. The van der Waals surface area contributed by atoms with Crippen LogP contribution in [-0.2, 0) is 16.1 Å². The van der Waals surface area contributed by atoms with Crippen molar-refractivity contribution in [2.45, 2.75) is 32.4 Å². The lowest BCUT2D eigenvalue weighted by Crippen LogP contribution is -2.26. The Hall–Kier alpha value is -3.32. The summed E-state index contributed by atoms with van der Waals surface area (Å²) in [6, 6.07) is 13.5. The number of pyridine rings is 1. The van der Waals surface area contributed by atoms with Crippen LogP contribution in [0.4, 0.5) is 11.5 Å². The van der Waals surface area contributed by atoms with Crippen molar-refractivity contribution in [3.63, 3.8) is 0 Å². The van der Waals surface area contributed by atoms with Crippen LogP contribution in [0.3, 0.4) is 0 Å². The fraction of sp³-hybridized carbons (Fsp3) is 0.273. The molecule has 1 aromatic carbocycles. The molecule has 0 bridgehead atoms. The lowest BCUT2D eigenvalue weighted by Gasteiger charge is -2.12. The summed E-state index contributed by atoms with van der Waals surface area (Å²) in [5, 5.41) is 6.28. The molecule has 2 N–H and O–H groups in total. The van der Waals surface area contributed by atoms with E-state index in [1.165, 1.54) is 0 Å². The van der Waals surface area contributed by atoms with E-state index in [1.54, 1.807) is 12.4 Å². The number of rotatable bonds is 6. The van der Waals surface area contributed by atoms with Crippen molar-refractivity contribution < 1.29 is 9.53 Å². The summed E-state index contributed by atoms with van der Waals surface area (Å²) < 4.78 is 5.44. The Balaban J connectivity index is 1.43. The first-order valence-electron chi connectivity index (χ1n) is 9.69. The first kappa shape index (κ1) is 19.0. The molecule has 0 aliphatic carbocycles. The molecule has 148 valence electrons. The van der Waals surface area contributed by atoms with Crippen LogP contribution in [0, 0.1) is 6.92 Å². The predicted molar refractivity (Wildman–Crippen MR) is 111 cm³/mol. The zero-order chi connectivity index (χ0) is 20.1. The lowest BCUT2D eigenvalue weighted by atomic mass is 10.2. The van der Waals surface area contributed by atoms with Crippen molar-refractivity contribution in [1.82, 2.24) is 15.0 Å². The number of anilines is 2. The Labute approximate surface area is 169 Å². The van der Waals surface area contributed by atoms with Crippen LogP contribution in [0.1, 0.15) is 24.1 Å². The quantitative estimate of drug-likeness (QED) is 0.670. The number of hydrogen-bond acceptors (Lipinski definition) is 6. The molecule has 3 aromatic rings. The number of nitrogens with one attached hydrogen (secondary N) is 2. The molecule has 4 rings (SSSR count). The largest absolute Gasteiger partial charge is 0.368 e. The molecule has 29 heavy (non-hydrogen) atoms. The van der Waals surface area contributed by atoms with Gasteiger partial charge in [0.2, 0.25) is 0 Å². The molecule has 1 aliphatic heterocycles. The van der Waals surface area contributed by atoms with Crippen LogP contribution >= 0.6 is 0 Å². The molecule has 0 saturated carbocycles. The highest BCUT2D eigenvalue weighted by molar-refractivity contribution is 5.94. The highest BCUT2D eigenvalue weighted by atomic mass is 16.5. The first-order valence-corrected chi connectivity index (χ1v) is 9.69. The molecule has 1 unspecified atom stereocenters. The zero-order valence-electron chi connectivity index (χ0n) is 16.3. The molecule has 2 aromatic heterocycles. The molecular weight excluding hydrogens is 366 g/mol. The van der Waals surface area contributed by atoms with Gasteiger partial charge in [-0.15, -0.1) is 0 Å². The average Bonchev–Trinajstić information content (AvgIpc) is 3.28. The minimum atomic E-state index is -0.341. The van der Waals surface area contributed by atoms with Gasteiger partial charge in [0.15, 0.2) is 5.82 Å². The van der Waals surface area contributed by atoms with E-state index in [4.69, 9.17) is 4.74 Å².